The van der Waals surface area contributed by atoms with Gasteiger partial charge in [-0.3, -0.25) is 9.59 Å². The van der Waals surface area contributed by atoms with Crippen molar-refractivity contribution in [3.63, 3.8) is 0 Å². The Labute approximate surface area is 180 Å². The fourth-order valence-electron chi connectivity index (χ4n) is 3.65. The Morgan fingerprint density at radius 1 is 1.10 bits per heavy atom. The van der Waals surface area contributed by atoms with E-state index in [2.05, 4.69) is 5.32 Å². The number of carbonyl (C=O) groups is 2. The number of hydrogen-bond acceptors (Lipinski definition) is 4. The second-order valence-corrected chi connectivity index (χ2v) is 8.57. The lowest BCUT2D eigenvalue weighted by Crippen LogP contribution is -2.50. The van der Waals surface area contributed by atoms with Crippen LogP contribution in [0.3, 0.4) is 0 Å². The van der Waals surface area contributed by atoms with Crippen LogP contribution in [0.15, 0.2) is 47.4 Å². The molecule has 0 radical (unpaired) electrons. The number of piperazine rings is 1. The van der Waals surface area contributed by atoms with Crippen molar-refractivity contribution in [3.05, 3.63) is 53.8 Å². The highest BCUT2D eigenvalue weighted by Gasteiger charge is 2.35. The first-order valence-corrected chi connectivity index (χ1v) is 10.6. The van der Waals surface area contributed by atoms with Crippen LogP contribution >= 0.6 is 11.8 Å². The molecule has 31 heavy (non-hydrogen) atoms. The Morgan fingerprint density at radius 3 is 2.48 bits per heavy atom. The maximum atomic E-state index is 14.0. The Hall–Kier alpha value is -2.75. The molecule has 164 valence electrons. The van der Waals surface area contributed by atoms with Crippen molar-refractivity contribution >= 4 is 35.0 Å². The highest BCUT2D eigenvalue weighted by molar-refractivity contribution is 8.01. The van der Waals surface area contributed by atoms with Crippen molar-refractivity contribution in [2.75, 3.05) is 36.4 Å². The van der Waals surface area contributed by atoms with Crippen molar-refractivity contribution < 1.29 is 27.2 Å². The summed E-state index contributed by atoms with van der Waals surface area (Å²) in [6, 6.07) is 9.63. The Kier molecular flexibility index (Phi) is 5.83. The number of fused-ring (bicyclic) bond motifs is 1. The van der Waals surface area contributed by atoms with Crippen LogP contribution in [-0.2, 0) is 15.8 Å². The molecule has 10 heteroatoms. The van der Waals surface area contributed by atoms with E-state index in [1.165, 1.54) is 12.1 Å². The Bertz CT molecular complexity index is 1010. The van der Waals surface area contributed by atoms with Gasteiger partial charge in [-0.25, -0.2) is 4.39 Å². The molecule has 2 aromatic rings. The van der Waals surface area contributed by atoms with Gasteiger partial charge in [0.15, 0.2) is 0 Å². The van der Waals surface area contributed by atoms with Crippen LogP contribution in [0.25, 0.3) is 0 Å². The first kappa shape index (κ1) is 21.5. The molecular weight excluding hydrogens is 434 g/mol. The number of benzene rings is 2. The number of para-hydroxylation sites is 1. The van der Waals surface area contributed by atoms with E-state index in [-0.39, 0.29) is 23.8 Å². The summed E-state index contributed by atoms with van der Waals surface area (Å²) in [4.78, 5) is 29.1. The Morgan fingerprint density at radius 2 is 1.81 bits per heavy atom. The molecule has 2 aromatic carbocycles. The molecule has 0 aliphatic carbocycles. The number of halogens is 4. The summed E-state index contributed by atoms with van der Waals surface area (Å²) in [5.74, 6) is -1.02. The lowest BCUT2D eigenvalue weighted by atomic mass is 10.1. The van der Waals surface area contributed by atoms with Gasteiger partial charge in [0.2, 0.25) is 11.8 Å². The first-order chi connectivity index (χ1) is 14.7. The Balaban J connectivity index is 1.36. The third-order valence-corrected chi connectivity index (χ3v) is 6.59. The van der Waals surface area contributed by atoms with E-state index in [0.717, 1.165) is 23.9 Å². The molecular formula is C21H19F4N3O2S. The van der Waals surface area contributed by atoms with Gasteiger partial charge in [0, 0.05) is 37.5 Å². The molecule has 0 saturated carbocycles. The summed E-state index contributed by atoms with van der Waals surface area (Å²) in [6.07, 6.45) is -4.56. The zero-order chi connectivity index (χ0) is 22.2. The summed E-state index contributed by atoms with van der Waals surface area (Å²) in [5.41, 5.74) is -0.243. The van der Waals surface area contributed by atoms with Gasteiger partial charge in [-0.15, -0.1) is 11.8 Å². The zero-order valence-electron chi connectivity index (χ0n) is 16.3. The van der Waals surface area contributed by atoms with E-state index < -0.39 is 22.9 Å². The number of thioether (sulfide) groups is 1. The summed E-state index contributed by atoms with van der Waals surface area (Å²) < 4.78 is 52.6. The average Bonchev–Trinajstić information content (AvgIpc) is 2.74. The predicted octanol–water partition coefficient (Wildman–Crippen LogP) is 4.00. The number of hydrogen-bond donors (Lipinski definition) is 1. The fourth-order valence-corrected chi connectivity index (χ4v) is 4.74. The van der Waals surface area contributed by atoms with E-state index >= 15 is 0 Å². The van der Waals surface area contributed by atoms with E-state index in [1.54, 1.807) is 23.1 Å². The molecule has 0 bridgehead atoms. The van der Waals surface area contributed by atoms with E-state index in [0.29, 0.717) is 36.8 Å². The SMILES string of the molecule is O=C1Nc2cc(C(F)(F)F)ccc2S[C@H]1CC(=O)N1CCN(c2ccccc2F)CC1. The van der Waals surface area contributed by atoms with Gasteiger partial charge in [-0.2, -0.15) is 13.2 Å². The molecule has 1 N–H and O–H groups in total. The lowest BCUT2D eigenvalue weighted by molar-refractivity contribution is -0.137. The number of anilines is 2. The van der Waals surface area contributed by atoms with Crippen LogP contribution in [0.2, 0.25) is 0 Å². The lowest BCUT2D eigenvalue weighted by Gasteiger charge is -2.37. The molecule has 1 saturated heterocycles. The monoisotopic (exact) mass is 453 g/mol. The van der Waals surface area contributed by atoms with Crippen LogP contribution in [0.1, 0.15) is 12.0 Å². The molecule has 4 rings (SSSR count). The van der Waals surface area contributed by atoms with Crippen LogP contribution in [-0.4, -0.2) is 48.1 Å². The second-order valence-electron chi connectivity index (χ2n) is 7.33. The molecule has 0 spiro atoms. The quantitative estimate of drug-likeness (QED) is 0.714. The second kappa shape index (κ2) is 8.41. The molecule has 2 aliphatic heterocycles. The normalized spacial score (nSPS) is 19.1. The number of alkyl halides is 3. The third kappa shape index (κ3) is 4.63. The number of amides is 2. The molecule has 0 aromatic heterocycles. The molecule has 1 atom stereocenters. The first-order valence-electron chi connectivity index (χ1n) is 9.68. The van der Waals surface area contributed by atoms with Crippen molar-refractivity contribution in [3.8, 4) is 0 Å². The molecule has 0 unspecified atom stereocenters. The minimum atomic E-state index is -4.50. The molecule has 2 amide bonds. The fraction of sp³-hybridized carbons (Fsp3) is 0.333. The zero-order valence-corrected chi connectivity index (χ0v) is 17.1. The minimum Gasteiger partial charge on any atom is -0.366 e. The van der Waals surface area contributed by atoms with Crippen molar-refractivity contribution in [1.29, 1.82) is 0 Å². The maximum absolute atomic E-state index is 14.0. The topological polar surface area (TPSA) is 52.7 Å². The maximum Gasteiger partial charge on any atom is 0.416 e. The molecule has 2 heterocycles. The summed E-state index contributed by atoms with van der Waals surface area (Å²) in [5, 5.41) is 1.76. The number of rotatable bonds is 3. The van der Waals surface area contributed by atoms with E-state index in [4.69, 9.17) is 0 Å². The summed E-state index contributed by atoms with van der Waals surface area (Å²) in [6.45, 7) is 1.74. The summed E-state index contributed by atoms with van der Waals surface area (Å²) in [7, 11) is 0. The number of nitrogens with one attached hydrogen (secondary N) is 1. The van der Waals surface area contributed by atoms with Crippen molar-refractivity contribution in [2.24, 2.45) is 0 Å². The molecule has 1 fully saturated rings. The van der Waals surface area contributed by atoms with Gasteiger partial charge in [0.05, 0.1) is 22.2 Å². The van der Waals surface area contributed by atoms with Crippen LogP contribution in [0.4, 0.5) is 28.9 Å². The van der Waals surface area contributed by atoms with Gasteiger partial charge in [-0.1, -0.05) is 12.1 Å². The van der Waals surface area contributed by atoms with Gasteiger partial charge >= 0.3 is 6.18 Å². The van der Waals surface area contributed by atoms with Gasteiger partial charge in [-0.05, 0) is 30.3 Å². The number of carbonyl (C=O) groups excluding carboxylic acids is 2. The van der Waals surface area contributed by atoms with Crippen LogP contribution in [0.5, 0.6) is 0 Å². The highest BCUT2D eigenvalue weighted by Crippen LogP contribution is 2.40. The standard InChI is InChI=1S/C21H19F4N3O2S/c22-14-3-1-2-4-16(14)27-7-9-28(10-8-27)19(29)12-18-20(30)26-15-11-13(21(23,24)25)5-6-17(15)31-18/h1-6,11,18H,7-10,12H2,(H,26,30)/t18-/m0/s1. The van der Waals surface area contributed by atoms with Gasteiger partial charge in [0.1, 0.15) is 5.82 Å². The average molecular weight is 453 g/mol. The van der Waals surface area contributed by atoms with E-state index in [9.17, 15) is 27.2 Å². The van der Waals surface area contributed by atoms with Gasteiger partial charge < -0.3 is 15.1 Å². The van der Waals surface area contributed by atoms with Crippen molar-refractivity contribution in [2.45, 2.75) is 22.7 Å². The third-order valence-electron chi connectivity index (χ3n) is 5.31. The predicted molar refractivity (Wildman–Crippen MR) is 110 cm³/mol. The molecule has 2 aliphatic rings. The highest BCUT2D eigenvalue weighted by atomic mass is 32.2. The smallest absolute Gasteiger partial charge is 0.366 e. The largest absolute Gasteiger partial charge is 0.416 e. The molecule has 5 nitrogen and oxygen atoms in total. The van der Waals surface area contributed by atoms with Crippen LogP contribution in [0, 0.1) is 5.82 Å². The number of nitrogens with zero attached hydrogens (tertiary/aromatic N) is 2. The van der Waals surface area contributed by atoms with Crippen molar-refractivity contribution in [1.82, 2.24) is 4.90 Å². The summed E-state index contributed by atoms with van der Waals surface area (Å²) >= 11 is 1.09. The van der Waals surface area contributed by atoms with Gasteiger partial charge in [0.25, 0.3) is 0 Å². The van der Waals surface area contributed by atoms with E-state index in [1.807, 2.05) is 4.90 Å². The van der Waals surface area contributed by atoms with Crippen LogP contribution < -0.4 is 10.2 Å². The minimum absolute atomic E-state index is 0.0589.